The van der Waals surface area contributed by atoms with Crippen LogP contribution in [0.4, 0.5) is 0 Å². The first-order valence-electron chi connectivity index (χ1n) is 20.3. The molecule has 0 unspecified atom stereocenters. The van der Waals surface area contributed by atoms with Crippen LogP contribution in [0.25, 0.3) is 0 Å². The molecule has 0 heterocycles. The fourth-order valence-corrected chi connectivity index (χ4v) is 5.80. The number of methoxy groups -OCH3 is 2. The molecular weight excluding hydrogens is 769 g/mol. The number of rotatable bonds is 24. The van der Waals surface area contributed by atoms with Gasteiger partial charge in [0.25, 0.3) is 0 Å². The Kier molecular flexibility index (Phi) is 22.0. The summed E-state index contributed by atoms with van der Waals surface area (Å²) in [6, 6.07) is 27.4. The Morgan fingerprint density at radius 3 is 1.27 bits per heavy atom. The molecule has 0 bridgehead atoms. The molecule has 12 heteroatoms. The van der Waals surface area contributed by atoms with Crippen molar-refractivity contribution in [3.63, 3.8) is 0 Å². The van der Waals surface area contributed by atoms with E-state index >= 15 is 0 Å². The Balaban J connectivity index is 0.000000327. The monoisotopic (exact) mass is 824 g/mol. The first kappa shape index (κ1) is 48.1. The second kappa shape index (κ2) is 27.4. The molecule has 60 heavy (non-hydrogen) atoms. The summed E-state index contributed by atoms with van der Waals surface area (Å²) in [7, 11) is 2.64. The van der Waals surface area contributed by atoms with Crippen molar-refractivity contribution in [3.05, 3.63) is 119 Å². The van der Waals surface area contributed by atoms with Crippen LogP contribution in [0.3, 0.4) is 0 Å². The normalized spacial score (nSPS) is 10.3. The van der Waals surface area contributed by atoms with Crippen molar-refractivity contribution in [2.75, 3.05) is 27.4 Å². The summed E-state index contributed by atoms with van der Waals surface area (Å²) >= 11 is 0. The summed E-state index contributed by atoms with van der Waals surface area (Å²) in [5.41, 5.74) is 1.83. The summed E-state index contributed by atoms with van der Waals surface area (Å²) in [4.78, 5) is 70.0. The van der Waals surface area contributed by atoms with Gasteiger partial charge in [-0.3, -0.25) is 19.2 Å². The molecule has 0 fully saturated rings. The highest BCUT2D eigenvalue weighted by Crippen LogP contribution is 2.22. The molecule has 0 saturated heterocycles. The minimum absolute atomic E-state index is 0.0585. The lowest BCUT2D eigenvalue weighted by Crippen LogP contribution is -2.11. The second-order valence-electron chi connectivity index (χ2n) is 13.8. The van der Waals surface area contributed by atoms with Gasteiger partial charge in [-0.25, -0.2) is 9.59 Å². The maximum absolute atomic E-state index is 12.1. The van der Waals surface area contributed by atoms with Gasteiger partial charge in [0.05, 0.1) is 38.6 Å². The van der Waals surface area contributed by atoms with E-state index in [9.17, 15) is 28.8 Å². The number of benzene rings is 4. The van der Waals surface area contributed by atoms with Crippen molar-refractivity contribution in [2.45, 2.75) is 90.9 Å². The summed E-state index contributed by atoms with van der Waals surface area (Å²) in [5.74, 6) is 0.322. The van der Waals surface area contributed by atoms with Crippen LogP contribution in [0.1, 0.15) is 132 Å². The Hall–Kier alpha value is -6.30. The Morgan fingerprint density at radius 2 is 0.817 bits per heavy atom. The standard InChI is InChI=1S/C26H30O7.C22H26O5/c1-19(27)20-13-9-11-15-22(20)32-24(28)17-7-5-3-4-6-8-18-25(29)33-23-16-12-10-14-21(23)26(30)31-2;1-17(23)18-7-11-20(12-8-18)26-15-5-3-4-6-16-27-21-13-9-19(10-14-21)22(24)25-2/h9-16H,3-8,17-18H2,1-2H3;7-14H,3-6,15-16H2,1-2H3. The lowest BCUT2D eigenvalue weighted by atomic mass is 10.1. The van der Waals surface area contributed by atoms with Gasteiger partial charge in [0, 0.05) is 18.4 Å². The molecule has 0 spiro atoms. The molecule has 0 atom stereocenters. The molecule has 0 amide bonds. The molecule has 0 aliphatic rings. The van der Waals surface area contributed by atoms with Gasteiger partial charge in [-0.15, -0.1) is 0 Å². The van der Waals surface area contributed by atoms with Gasteiger partial charge in [0.1, 0.15) is 28.6 Å². The predicted octanol–water partition coefficient (Wildman–Crippen LogP) is 10.0. The van der Waals surface area contributed by atoms with Crippen molar-refractivity contribution in [1.29, 1.82) is 0 Å². The molecule has 0 N–H and O–H groups in total. The third-order valence-electron chi connectivity index (χ3n) is 9.13. The molecule has 0 aliphatic heterocycles. The SMILES string of the molecule is COC(=O)c1ccc(OCCCCCCOc2ccc(C(C)=O)cc2)cc1.COC(=O)c1ccccc1OC(=O)CCCCCCCCC(=O)Oc1ccccc1C(C)=O. The fourth-order valence-electron chi connectivity index (χ4n) is 5.80. The molecule has 4 rings (SSSR count). The highest BCUT2D eigenvalue weighted by molar-refractivity contribution is 5.97. The zero-order chi connectivity index (χ0) is 43.5. The number of carbonyl (C=O) groups excluding carboxylic acids is 6. The molecule has 320 valence electrons. The van der Waals surface area contributed by atoms with Gasteiger partial charge in [-0.2, -0.15) is 0 Å². The average molecular weight is 825 g/mol. The van der Waals surface area contributed by atoms with Crippen LogP contribution < -0.4 is 18.9 Å². The van der Waals surface area contributed by atoms with Crippen LogP contribution in [0.2, 0.25) is 0 Å². The van der Waals surface area contributed by atoms with Crippen molar-refractivity contribution in [1.82, 2.24) is 0 Å². The molecule has 12 nitrogen and oxygen atoms in total. The van der Waals surface area contributed by atoms with E-state index in [0.717, 1.165) is 62.9 Å². The smallest absolute Gasteiger partial charge is 0.341 e. The van der Waals surface area contributed by atoms with Crippen molar-refractivity contribution >= 4 is 35.4 Å². The summed E-state index contributed by atoms with van der Waals surface area (Å²) in [6.45, 7) is 4.30. The van der Waals surface area contributed by atoms with Gasteiger partial charge >= 0.3 is 23.9 Å². The molecule has 0 aliphatic carbocycles. The van der Waals surface area contributed by atoms with E-state index in [0.29, 0.717) is 48.5 Å². The number of Topliss-reactive ketones (excluding diaryl/α,β-unsaturated/α-hetero) is 2. The van der Waals surface area contributed by atoms with Crippen molar-refractivity contribution < 1.29 is 57.2 Å². The van der Waals surface area contributed by atoms with Crippen LogP contribution in [0.15, 0.2) is 97.1 Å². The summed E-state index contributed by atoms with van der Waals surface area (Å²) in [6.07, 6.45) is 9.62. The summed E-state index contributed by atoms with van der Waals surface area (Å²) in [5, 5.41) is 0. The Bertz CT molecular complexity index is 1970. The third kappa shape index (κ3) is 18.1. The molecule has 0 saturated carbocycles. The lowest BCUT2D eigenvalue weighted by Gasteiger charge is -2.08. The van der Waals surface area contributed by atoms with Crippen LogP contribution in [0.5, 0.6) is 23.0 Å². The number of ether oxygens (including phenoxy) is 6. The first-order valence-corrected chi connectivity index (χ1v) is 20.3. The van der Waals surface area contributed by atoms with Gasteiger partial charge < -0.3 is 28.4 Å². The molecular formula is C48H56O12. The van der Waals surface area contributed by atoms with Crippen LogP contribution in [-0.4, -0.2) is 62.9 Å². The number of carbonyl (C=O) groups is 6. The van der Waals surface area contributed by atoms with Crippen LogP contribution in [-0.2, 0) is 19.1 Å². The number of hydrogen-bond acceptors (Lipinski definition) is 12. The Labute approximate surface area is 352 Å². The largest absolute Gasteiger partial charge is 0.494 e. The van der Waals surface area contributed by atoms with E-state index in [1.807, 2.05) is 12.1 Å². The van der Waals surface area contributed by atoms with Gasteiger partial charge in [0.2, 0.25) is 0 Å². The maximum Gasteiger partial charge on any atom is 0.341 e. The molecule has 0 aromatic heterocycles. The van der Waals surface area contributed by atoms with E-state index < -0.39 is 5.97 Å². The van der Waals surface area contributed by atoms with E-state index in [1.54, 1.807) is 91.9 Å². The molecule has 0 radical (unpaired) electrons. The quantitative estimate of drug-likeness (QED) is 0.0285. The van der Waals surface area contributed by atoms with Crippen molar-refractivity contribution in [2.24, 2.45) is 0 Å². The second-order valence-corrected chi connectivity index (χ2v) is 13.8. The number of unbranched alkanes of at least 4 members (excludes halogenated alkanes) is 8. The zero-order valence-corrected chi connectivity index (χ0v) is 35.0. The van der Waals surface area contributed by atoms with E-state index in [1.165, 1.54) is 21.1 Å². The average Bonchev–Trinajstić information content (AvgIpc) is 3.25. The highest BCUT2D eigenvalue weighted by Gasteiger charge is 2.15. The molecule has 4 aromatic rings. The van der Waals surface area contributed by atoms with E-state index in [-0.39, 0.29) is 53.6 Å². The van der Waals surface area contributed by atoms with Gasteiger partial charge in [-0.1, -0.05) is 49.9 Å². The number of para-hydroxylation sites is 2. The number of ketones is 2. The maximum atomic E-state index is 12.1. The summed E-state index contributed by atoms with van der Waals surface area (Å²) < 4.78 is 31.3. The molecule has 4 aromatic carbocycles. The van der Waals surface area contributed by atoms with E-state index in [2.05, 4.69) is 4.74 Å². The van der Waals surface area contributed by atoms with Crippen molar-refractivity contribution in [3.8, 4) is 23.0 Å². The minimum Gasteiger partial charge on any atom is -0.494 e. The minimum atomic E-state index is -0.551. The number of hydrogen-bond donors (Lipinski definition) is 0. The lowest BCUT2D eigenvalue weighted by molar-refractivity contribution is -0.135. The van der Waals surface area contributed by atoms with Gasteiger partial charge in [-0.05, 0) is 125 Å². The van der Waals surface area contributed by atoms with E-state index in [4.69, 9.17) is 23.7 Å². The number of esters is 4. The third-order valence-corrected chi connectivity index (χ3v) is 9.13. The predicted molar refractivity (Wildman–Crippen MR) is 226 cm³/mol. The zero-order valence-electron chi connectivity index (χ0n) is 35.0. The first-order chi connectivity index (χ1) is 29.0. The van der Waals surface area contributed by atoms with Gasteiger partial charge in [0.15, 0.2) is 11.6 Å². The highest BCUT2D eigenvalue weighted by atomic mass is 16.5. The van der Waals surface area contributed by atoms with Crippen LogP contribution >= 0.6 is 0 Å². The van der Waals surface area contributed by atoms with Crippen LogP contribution in [0, 0.1) is 0 Å². The Morgan fingerprint density at radius 1 is 0.417 bits per heavy atom. The topological polar surface area (TPSA) is 158 Å². The fraction of sp³-hybridized carbons (Fsp3) is 0.375.